The number of aromatic nitrogens is 1. The molecule has 6 heteroatoms. The average Bonchev–Trinajstić information content (AvgIpc) is 3.28. The molecule has 0 atom stereocenters. The highest BCUT2D eigenvalue weighted by atomic mass is 16.5. The Morgan fingerprint density at radius 1 is 1.25 bits per heavy atom. The van der Waals surface area contributed by atoms with Crippen molar-refractivity contribution in [2.24, 2.45) is 12.0 Å². The molecule has 2 saturated heterocycles. The van der Waals surface area contributed by atoms with E-state index in [1.807, 2.05) is 14.1 Å². The lowest BCUT2D eigenvalue weighted by Crippen LogP contribution is -2.58. The van der Waals surface area contributed by atoms with E-state index in [4.69, 9.17) is 4.74 Å². The van der Waals surface area contributed by atoms with E-state index >= 15 is 0 Å². The number of likely N-dealkylation sites (tertiary alicyclic amines) is 1. The van der Waals surface area contributed by atoms with Crippen LogP contribution in [0, 0.1) is 0 Å². The minimum atomic E-state index is 0.221. The molecule has 2 aliphatic heterocycles. The third-order valence-electron chi connectivity index (χ3n) is 5.36. The molecular weight excluding hydrogens is 302 g/mol. The normalized spacial score (nSPS) is 21.8. The van der Waals surface area contributed by atoms with Crippen LogP contribution in [-0.2, 0) is 18.3 Å². The molecule has 0 aliphatic carbocycles. The van der Waals surface area contributed by atoms with Crippen molar-refractivity contribution >= 4 is 5.96 Å². The number of nitrogens with one attached hydrogen (secondary N) is 2. The Labute approximate surface area is 145 Å². The predicted molar refractivity (Wildman–Crippen MR) is 97.2 cm³/mol. The Balaban J connectivity index is 1.55. The SMILES string of the molecule is CN=C(NCc1ccn(C)c1)NCC1(N2CCCC2)CCOCC1. The first-order valence-electron chi connectivity index (χ1n) is 9.10. The molecule has 0 bridgehead atoms. The quantitative estimate of drug-likeness (QED) is 0.631. The van der Waals surface area contributed by atoms with Crippen LogP contribution >= 0.6 is 0 Å². The molecule has 0 radical (unpaired) electrons. The zero-order valence-corrected chi connectivity index (χ0v) is 15.1. The molecule has 1 aromatic rings. The van der Waals surface area contributed by atoms with Crippen LogP contribution in [0.15, 0.2) is 23.5 Å². The van der Waals surface area contributed by atoms with Crippen molar-refractivity contribution < 1.29 is 4.74 Å². The number of hydrogen-bond acceptors (Lipinski definition) is 3. The van der Waals surface area contributed by atoms with Gasteiger partial charge in [-0.3, -0.25) is 9.89 Å². The molecule has 0 amide bonds. The van der Waals surface area contributed by atoms with E-state index < -0.39 is 0 Å². The van der Waals surface area contributed by atoms with Crippen LogP contribution in [0.1, 0.15) is 31.2 Å². The number of nitrogens with zero attached hydrogens (tertiary/aromatic N) is 3. The van der Waals surface area contributed by atoms with Crippen LogP contribution in [0.4, 0.5) is 0 Å². The van der Waals surface area contributed by atoms with Crippen LogP contribution in [0.5, 0.6) is 0 Å². The van der Waals surface area contributed by atoms with E-state index in [0.29, 0.717) is 0 Å². The fourth-order valence-electron chi connectivity index (χ4n) is 3.87. The van der Waals surface area contributed by atoms with Gasteiger partial charge in [0, 0.05) is 58.3 Å². The van der Waals surface area contributed by atoms with Gasteiger partial charge in [0.05, 0.1) is 0 Å². The van der Waals surface area contributed by atoms with Crippen LogP contribution in [0.3, 0.4) is 0 Å². The fourth-order valence-corrected chi connectivity index (χ4v) is 3.87. The summed E-state index contributed by atoms with van der Waals surface area (Å²) in [5, 5.41) is 6.99. The summed E-state index contributed by atoms with van der Waals surface area (Å²) in [7, 11) is 3.88. The van der Waals surface area contributed by atoms with Crippen molar-refractivity contribution in [3.8, 4) is 0 Å². The lowest BCUT2D eigenvalue weighted by molar-refractivity contribution is -0.0164. The van der Waals surface area contributed by atoms with Gasteiger partial charge in [0.2, 0.25) is 0 Å². The minimum absolute atomic E-state index is 0.221. The van der Waals surface area contributed by atoms with Gasteiger partial charge in [0.15, 0.2) is 5.96 Å². The third-order valence-corrected chi connectivity index (χ3v) is 5.36. The summed E-state index contributed by atoms with van der Waals surface area (Å²) in [4.78, 5) is 7.06. The molecule has 24 heavy (non-hydrogen) atoms. The number of aliphatic imine (C=N–C) groups is 1. The van der Waals surface area contributed by atoms with Gasteiger partial charge in [-0.15, -0.1) is 0 Å². The van der Waals surface area contributed by atoms with Crippen molar-refractivity contribution in [2.45, 2.75) is 37.8 Å². The van der Waals surface area contributed by atoms with Crippen LogP contribution in [0.2, 0.25) is 0 Å². The second-order valence-corrected chi connectivity index (χ2v) is 7.00. The van der Waals surface area contributed by atoms with Crippen molar-refractivity contribution in [1.29, 1.82) is 0 Å². The Morgan fingerprint density at radius 3 is 2.62 bits per heavy atom. The maximum absolute atomic E-state index is 5.62. The van der Waals surface area contributed by atoms with Gasteiger partial charge >= 0.3 is 0 Å². The van der Waals surface area contributed by atoms with Gasteiger partial charge in [-0.05, 0) is 50.4 Å². The number of guanidine groups is 1. The summed E-state index contributed by atoms with van der Waals surface area (Å²) in [6.45, 7) is 5.91. The molecule has 2 aliphatic rings. The Bertz CT molecular complexity index is 541. The zero-order chi connectivity index (χ0) is 16.8. The monoisotopic (exact) mass is 333 g/mol. The highest BCUT2D eigenvalue weighted by Crippen LogP contribution is 2.30. The highest BCUT2D eigenvalue weighted by molar-refractivity contribution is 5.79. The molecule has 2 fully saturated rings. The summed E-state index contributed by atoms with van der Waals surface area (Å²) in [5.41, 5.74) is 1.49. The van der Waals surface area contributed by atoms with Gasteiger partial charge in [0.25, 0.3) is 0 Å². The minimum Gasteiger partial charge on any atom is -0.381 e. The first-order valence-corrected chi connectivity index (χ1v) is 9.10. The first-order chi connectivity index (χ1) is 11.7. The summed E-state index contributed by atoms with van der Waals surface area (Å²) in [6, 6.07) is 2.13. The van der Waals surface area contributed by atoms with Gasteiger partial charge in [-0.2, -0.15) is 0 Å². The van der Waals surface area contributed by atoms with Crippen molar-refractivity contribution in [3.63, 3.8) is 0 Å². The van der Waals surface area contributed by atoms with Crippen LogP contribution in [0.25, 0.3) is 0 Å². The molecule has 3 rings (SSSR count). The molecular formula is C18H31N5O. The van der Waals surface area contributed by atoms with E-state index in [9.17, 15) is 0 Å². The van der Waals surface area contributed by atoms with Gasteiger partial charge in [-0.1, -0.05) is 0 Å². The van der Waals surface area contributed by atoms with E-state index in [-0.39, 0.29) is 5.54 Å². The maximum atomic E-state index is 5.62. The van der Waals surface area contributed by atoms with Gasteiger partial charge in [0.1, 0.15) is 0 Å². The van der Waals surface area contributed by atoms with E-state index in [0.717, 1.165) is 45.1 Å². The summed E-state index contributed by atoms with van der Waals surface area (Å²) < 4.78 is 7.69. The largest absolute Gasteiger partial charge is 0.381 e. The van der Waals surface area contributed by atoms with Crippen molar-refractivity contribution in [3.05, 3.63) is 24.0 Å². The van der Waals surface area contributed by atoms with E-state index in [1.54, 1.807) is 0 Å². The second kappa shape index (κ2) is 8.03. The number of rotatable bonds is 5. The topological polar surface area (TPSA) is 53.8 Å². The molecule has 0 unspecified atom stereocenters. The van der Waals surface area contributed by atoms with Crippen LogP contribution < -0.4 is 10.6 Å². The number of hydrogen-bond donors (Lipinski definition) is 2. The zero-order valence-electron chi connectivity index (χ0n) is 15.1. The van der Waals surface area contributed by atoms with Gasteiger partial charge < -0.3 is 19.9 Å². The Morgan fingerprint density at radius 2 is 2.00 bits per heavy atom. The van der Waals surface area contributed by atoms with E-state index in [2.05, 4.69) is 43.6 Å². The van der Waals surface area contributed by atoms with Crippen LogP contribution in [-0.4, -0.2) is 60.9 Å². The Hall–Kier alpha value is -1.53. The summed E-state index contributed by atoms with van der Waals surface area (Å²) in [5.74, 6) is 0.879. The fraction of sp³-hybridized carbons (Fsp3) is 0.722. The standard InChI is InChI=1S/C18H31N5O/c1-19-17(20-13-16-5-10-22(2)14-16)21-15-18(6-11-24-12-7-18)23-8-3-4-9-23/h5,10,14H,3-4,6-9,11-13,15H2,1-2H3,(H2,19,20,21). The smallest absolute Gasteiger partial charge is 0.191 e. The lowest BCUT2D eigenvalue weighted by atomic mass is 9.88. The molecule has 0 aromatic carbocycles. The summed E-state index contributed by atoms with van der Waals surface area (Å²) in [6.07, 6.45) is 9.06. The second-order valence-electron chi connectivity index (χ2n) is 7.00. The molecule has 1 aromatic heterocycles. The summed E-state index contributed by atoms with van der Waals surface area (Å²) >= 11 is 0. The molecule has 0 spiro atoms. The average molecular weight is 333 g/mol. The molecule has 3 heterocycles. The third kappa shape index (κ3) is 4.11. The first kappa shape index (κ1) is 17.3. The predicted octanol–water partition coefficient (Wildman–Crippen LogP) is 1.34. The van der Waals surface area contributed by atoms with Gasteiger partial charge in [-0.25, -0.2) is 0 Å². The van der Waals surface area contributed by atoms with Crippen molar-refractivity contribution in [2.75, 3.05) is 39.9 Å². The molecule has 2 N–H and O–H groups in total. The maximum Gasteiger partial charge on any atom is 0.191 e. The number of aryl methyl sites for hydroxylation is 1. The highest BCUT2D eigenvalue weighted by Gasteiger charge is 2.39. The molecule has 134 valence electrons. The molecule has 0 saturated carbocycles. The van der Waals surface area contributed by atoms with Crippen molar-refractivity contribution in [1.82, 2.24) is 20.1 Å². The Kier molecular flexibility index (Phi) is 5.79. The lowest BCUT2D eigenvalue weighted by Gasteiger charge is -2.45. The molecule has 6 nitrogen and oxygen atoms in total. The van der Waals surface area contributed by atoms with E-state index in [1.165, 1.54) is 31.5 Å². The number of ether oxygens (including phenoxy) is 1.